The highest BCUT2D eigenvalue weighted by atomic mass is 16.5. The highest BCUT2D eigenvalue weighted by Gasteiger charge is 2.47. The zero-order valence-corrected chi connectivity index (χ0v) is 24.2. The lowest BCUT2D eigenvalue weighted by Gasteiger charge is -2.44. The van der Waals surface area contributed by atoms with E-state index in [1.54, 1.807) is 51.4 Å². The summed E-state index contributed by atoms with van der Waals surface area (Å²) in [6, 6.07) is 18.3. The average molecular weight is 575 g/mol. The lowest BCUT2D eigenvalue weighted by Crippen LogP contribution is -2.68. The number of nitrogens with zero attached hydrogens (tertiary/aromatic N) is 3. The van der Waals surface area contributed by atoms with E-state index in [1.807, 2.05) is 42.5 Å². The van der Waals surface area contributed by atoms with Crippen molar-refractivity contribution in [3.63, 3.8) is 0 Å². The number of carbonyl (C=O) groups excluding carboxylic acids is 2. The highest BCUT2D eigenvalue weighted by molar-refractivity contribution is 5.95. The molecule has 1 unspecified atom stereocenters. The number of alkyl carbamates (subject to hydrolysis) is 1. The van der Waals surface area contributed by atoms with E-state index in [4.69, 9.17) is 4.74 Å². The summed E-state index contributed by atoms with van der Waals surface area (Å²) in [5.74, 6) is -1.06. The molecule has 0 bridgehead atoms. The number of hydrogen-bond acceptors (Lipinski definition) is 8. The van der Waals surface area contributed by atoms with Crippen LogP contribution in [0, 0.1) is 5.41 Å². The first kappa shape index (κ1) is 30.3. The quantitative estimate of drug-likeness (QED) is 0.258. The van der Waals surface area contributed by atoms with Crippen molar-refractivity contribution in [1.29, 1.82) is 0 Å². The van der Waals surface area contributed by atoms with Crippen molar-refractivity contribution in [2.24, 2.45) is 5.41 Å². The molecule has 1 atom stereocenters. The normalized spacial score (nSPS) is 15.3. The Morgan fingerprint density at radius 1 is 0.929 bits per heavy atom. The van der Waals surface area contributed by atoms with Crippen molar-refractivity contribution < 1.29 is 24.2 Å². The minimum absolute atomic E-state index is 0.00270. The van der Waals surface area contributed by atoms with E-state index in [1.165, 1.54) is 0 Å². The van der Waals surface area contributed by atoms with Crippen LogP contribution in [-0.2, 0) is 16.1 Å². The number of aromatic nitrogens is 2. The first-order chi connectivity index (χ1) is 20.0. The van der Waals surface area contributed by atoms with Crippen molar-refractivity contribution >= 4 is 29.6 Å². The van der Waals surface area contributed by atoms with Gasteiger partial charge in [0.15, 0.2) is 0 Å². The number of hydrogen-bond donors (Lipinski definition) is 4. The molecule has 4 N–H and O–H groups in total. The van der Waals surface area contributed by atoms with Crippen molar-refractivity contribution in [3.8, 4) is 0 Å². The largest absolute Gasteiger partial charge is 0.481 e. The van der Waals surface area contributed by atoms with Gasteiger partial charge < -0.3 is 25.4 Å². The van der Waals surface area contributed by atoms with Gasteiger partial charge in [-0.1, -0.05) is 51.1 Å². The van der Waals surface area contributed by atoms with Crippen LogP contribution in [0.5, 0.6) is 0 Å². The molecular formula is C31H38N6O5. The fourth-order valence-electron chi connectivity index (χ4n) is 4.85. The van der Waals surface area contributed by atoms with Crippen LogP contribution in [0.25, 0.3) is 0 Å². The molecule has 1 saturated heterocycles. The van der Waals surface area contributed by atoms with E-state index in [2.05, 4.69) is 30.8 Å². The number of aliphatic carboxylic acids is 1. The van der Waals surface area contributed by atoms with Gasteiger partial charge in [0.1, 0.15) is 12.3 Å². The third-order valence-electron chi connectivity index (χ3n) is 7.44. The summed E-state index contributed by atoms with van der Waals surface area (Å²) in [7, 11) is 0. The Morgan fingerprint density at radius 2 is 1.57 bits per heavy atom. The maximum absolute atomic E-state index is 13.4. The molecule has 0 saturated carbocycles. The number of carboxylic acids is 1. The first-order valence-electron chi connectivity index (χ1n) is 14.0. The molecule has 1 aromatic heterocycles. The van der Waals surface area contributed by atoms with Gasteiger partial charge in [-0.25, -0.2) is 14.8 Å². The third kappa shape index (κ3) is 7.96. The second kappa shape index (κ2) is 13.3. The number of carbonyl (C=O) groups is 3. The van der Waals surface area contributed by atoms with E-state index < -0.39 is 35.5 Å². The Morgan fingerprint density at radius 3 is 2.17 bits per heavy atom. The van der Waals surface area contributed by atoms with Crippen molar-refractivity contribution in [2.75, 3.05) is 23.3 Å². The molecule has 1 fully saturated rings. The standard InChI is InChI=1S/C31H38N6O5/c1-30(2,3)31(20-26(38)39,36-29(41)42-21-22-8-5-4-6-9-22)35-27(40)23-10-12-25(13-11-23)37-18-14-24(15-19-37)34-28-32-16-7-17-33-28/h4-13,16-17,24H,14-15,18-21H2,1-3H3,(H,35,40)(H,36,41)(H,38,39)(H,32,33,34). The van der Waals surface area contributed by atoms with E-state index in [0.29, 0.717) is 11.5 Å². The number of amides is 2. The SMILES string of the molecule is CC(C)(C)C(CC(=O)O)(NC(=O)OCc1ccccc1)NC(=O)c1ccc(N2CCC(Nc3ncccn3)CC2)cc1. The maximum Gasteiger partial charge on any atom is 0.409 e. The fraction of sp³-hybridized carbons (Fsp3) is 0.387. The van der Waals surface area contributed by atoms with Gasteiger partial charge in [0.05, 0.1) is 6.42 Å². The van der Waals surface area contributed by atoms with Crippen molar-refractivity contribution in [2.45, 2.75) is 58.3 Å². The first-order valence-corrected chi connectivity index (χ1v) is 14.0. The number of ether oxygens (including phenoxy) is 1. The molecule has 0 spiro atoms. The van der Waals surface area contributed by atoms with Gasteiger partial charge in [-0.05, 0) is 48.7 Å². The summed E-state index contributed by atoms with van der Waals surface area (Å²) >= 11 is 0. The second-order valence-corrected chi connectivity index (χ2v) is 11.4. The number of benzene rings is 2. The molecule has 2 heterocycles. The van der Waals surface area contributed by atoms with Crippen molar-refractivity contribution in [3.05, 3.63) is 84.2 Å². The highest BCUT2D eigenvalue weighted by Crippen LogP contribution is 2.32. The molecule has 0 radical (unpaired) electrons. The summed E-state index contributed by atoms with van der Waals surface area (Å²) in [6.45, 7) is 6.91. The number of carboxylic acid groups (broad SMARTS) is 1. The Balaban J connectivity index is 1.40. The molecule has 1 aliphatic heterocycles. The van der Waals surface area contributed by atoms with E-state index >= 15 is 0 Å². The van der Waals surface area contributed by atoms with Crippen LogP contribution in [0.3, 0.4) is 0 Å². The molecule has 11 heteroatoms. The lowest BCUT2D eigenvalue weighted by molar-refractivity contribution is -0.140. The molecule has 11 nitrogen and oxygen atoms in total. The molecule has 4 rings (SSSR count). The van der Waals surface area contributed by atoms with E-state index in [-0.39, 0.29) is 12.6 Å². The minimum Gasteiger partial charge on any atom is -0.481 e. The van der Waals surface area contributed by atoms with Crippen LogP contribution >= 0.6 is 0 Å². The van der Waals surface area contributed by atoms with Gasteiger partial charge in [0, 0.05) is 48.2 Å². The van der Waals surface area contributed by atoms with Gasteiger partial charge in [-0.2, -0.15) is 0 Å². The Bertz CT molecular complexity index is 1340. The average Bonchev–Trinajstić information content (AvgIpc) is 2.97. The molecule has 2 aromatic carbocycles. The summed E-state index contributed by atoms with van der Waals surface area (Å²) in [4.78, 5) is 48.9. The topological polar surface area (TPSA) is 146 Å². The fourth-order valence-corrected chi connectivity index (χ4v) is 4.85. The number of anilines is 2. The van der Waals surface area contributed by atoms with Crippen LogP contribution in [0.15, 0.2) is 73.1 Å². The monoisotopic (exact) mass is 574 g/mol. The lowest BCUT2D eigenvalue weighted by atomic mass is 9.77. The van der Waals surface area contributed by atoms with Crippen LogP contribution < -0.4 is 20.9 Å². The predicted molar refractivity (Wildman–Crippen MR) is 159 cm³/mol. The zero-order valence-electron chi connectivity index (χ0n) is 24.2. The Kier molecular flexibility index (Phi) is 9.61. The molecule has 0 aliphatic carbocycles. The van der Waals surface area contributed by atoms with Gasteiger partial charge in [0.25, 0.3) is 5.91 Å². The number of nitrogens with one attached hydrogen (secondary N) is 3. The second-order valence-electron chi connectivity index (χ2n) is 11.4. The Hall–Kier alpha value is -4.67. The number of rotatable bonds is 10. The smallest absolute Gasteiger partial charge is 0.409 e. The molecule has 3 aromatic rings. The van der Waals surface area contributed by atoms with Gasteiger partial charge in [-0.3, -0.25) is 14.9 Å². The Labute approximate surface area is 245 Å². The molecule has 222 valence electrons. The van der Waals surface area contributed by atoms with Crippen LogP contribution in [0.4, 0.5) is 16.4 Å². The summed E-state index contributed by atoms with van der Waals surface area (Å²) in [5.41, 5.74) is -0.399. The molecule has 2 amide bonds. The van der Waals surface area contributed by atoms with E-state index in [0.717, 1.165) is 37.2 Å². The van der Waals surface area contributed by atoms with Crippen LogP contribution in [0.2, 0.25) is 0 Å². The summed E-state index contributed by atoms with van der Waals surface area (Å²) in [6.07, 6.45) is 3.87. The van der Waals surface area contributed by atoms with Crippen LogP contribution in [-0.4, -0.2) is 57.8 Å². The molecule has 1 aliphatic rings. The third-order valence-corrected chi connectivity index (χ3v) is 7.44. The zero-order chi connectivity index (χ0) is 30.2. The summed E-state index contributed by atoms with van der Waals surface area (Å²) < 4.78 is 5.36. The maximum atomic E-state index is 13.4. The minimum atomic E-state index is -1.63. The summed E-state index contributed by atoms with van der Waals surface area (Å²) in [5, 5.41) is 18.6. The molecular weight excluding hydrogens is 536 g/mol. The molecule has 42 heavy (non-hydrogen) atoms. The number of piperidine rings is 1. The predicted octanol–water partition coefficient (Wildman–Crippen LogP) is 4.43. The van der Waals surface area contributed by atoms with Gasteiger partial charge in [0.2, 0.25) is 5.95 Å². The van der Waals surface area contributed by atoms with Crippen molar-refractivity contribution in [1.82, 2.24) is 20.6 Å². The van der Waals surface area contributed by atoms with Crippen LogP contribution in [0.1, 0.15) is 56.0 Å². The van der Waals surface area contributed by atoms with E-state index in [9.17, 15) is 19.5 Å². The van der Waals surface area contributed by atoms with Gasteiger partial charge in [-0.15, -0.1) is 0 Å². The van der Waals surface area contributed by atoms with Gasteiger partial charge >= 0.3 is 12.1 Å².